The number of benzene rings is 1. The van der Waals surface area contributed by atoms with Crippen LogP contribution in [-0.2, 0) is 14.8 Å². The van der Waals surface area contributed by atoms with Crippen molar-refractivity contribution in [3.05, 3.63) is 33.6 Å². The minimum Gasteiger partial charge on any atom is -0.212 e. The Bertz CT molecular complexity index is 477. The lowest BCUT2D eigenvalue weighted by Gasteiger charge is -2.05. The molecular formula is C7H3BrClF3O2S. The highest BCUT2D eigenvalue weighted by atomic mass is 79.9. The van der Waals surface area contributed by atoms with Crippen molar-refractivity contribution in [3.63, 3.8) is 0 Å². The Kier molecular flexibility index (Phi) is 3.67. The third-order valence-corrected chi connectivity index (χ3v) is 3.06. The van der Waals surface area contributed by atoms with Crippen molar-refractivity contribution in [3.8, 4) is 0 Å². The molecule has 1 aromatic carbocycles. The average molecular weight is 324 g/mol. The zero-order valence-electron chi connectivity index (χ0n) is 6.90. The summed E-state index contributed by atoms with van der Waals surface area (Å²) in [4.78, 5) is 0. The molecule has 0 heterocycles. The molecule has 1 rings (SSSR count). The number of halogens is 5. The molecule has 0 amide bonds. The summed E-state index contributed by atoms with van der Waals surface area (Å²) in [5.41, 5.74) is -0.920. The molecule has 0 saturated carbocycles. The van der Waals surface area contributed by atoms with E-state index in [9.17, 15) is 21.6 Å². The monoisotopic (exact) mass is 322 g/mol. The summed E-state index contributed by atoms with van der Waals surface area (Å²) in [6.07, 6.45) is 0. The summed E-state index contributed by atoms with van der Waals surface area (Å²) in [6, 6.07) is 0.565. The smallest absolute Gasteiger partial charge is 0.212 e. The lowest BCUT2D eigenvalue weighted by molar-refractivity contribution is 0.481. The van der Waals surface area contributed by atoms with Crippen molar-refractivity contribution in [2.45, 2.75) is 5.75 Å². The molecule has 0 unspecified atom stereocenters. The molecule has 15 heavy (non-hydrogen) atoms. The third kappa shape index (κ3) is 3.09. The van der Waals surface area contributed by atoms with Crippen LogP contribution < -0.4 is 0 Å². The fourth-order valence-corrected chi connectivity index (χ4v) is 2.29. The third-order valence-electron chi connectivity index (χ3n) is 1.52. The van der Waals surface area contributed by atoms with Gasteiger partial charge in [0, 0.05) is 16.2 Å². The summed E-state index contributed by atoms with van der Waals surface area (Å²) < 4.78 is 59.9. The van der Waals surface area contributed by atoms with Gasteiger partial charge in [0.05, 0.1) is 10.2 Å². The van der Waals surface area contributed by atoms with E-state index in [-0.39, 0.29) is 4.47 Å². The van der Waals surface area contributed by atoms with Gasteiger partial charge in [-0.05, 0) is 22.0 Å². The first kappa shape index (κ1) is 12.8. The topological polar surface area (TPSA) is 34.1 Å². The van der Waals surface area contributed by atoms with Crippen LogP contribution in [0.25, 0.3) is 0 Å². The van der Waals surface area contributed by atoms with Gasteiger partial charge in [-0.1, -0.05) is 0 Å². The first-order valence-corrected chi connectivity index (χ1v) is 6.73. The van der Waals surface area contributed by atoms with Crippen LogP contribution in [0.1, 0.15) is 5.56 Å². The van der Waals surface area contributed by atoms with Crippen molar-refractivity contribution >= 4 is 35.7 Å². The lowest BCUT2D eigenvalue weighted by Crippen LogP contribution is -2.04. The summed E-state index contributed by atoms with van der Waals surface area (Å²) in [7, 11) is 0.666. The Labute approximate surface area is 96.6 Å². The number of rotatable bonds is 2. The number of hydrogen-bond donors (Lipinski definition) is 0. The Hall–Kier alpha value is -0.270. The highest BCUT2D eigenvalue weighted by Gasteiger charge is 2.21. The normalized spacial score (nSPS) is 11.8. The van der Waals surface area contributed by atoms with E-state index in [1.807, 2.05) is 0 Å². The van der Waals surface area contributed by atoms with Gasteiger partial charge in [-0.15, -0.1) is 0 Å². The number of hydrogen-bond acceptors (Lipinski definition) is 2. The molecular weight excluding hydrogens is 320 g/mol. The lowest BCUT2D eigenvalue weighted by atomic mass is 10.2. The summed E-state index contributed by atoms with van der Waals surface area (Å²) in [5, 5.41) is 0. The van der Waals surface area contributed by atoms with E-state index in [1.165, 1.54) is 0 Å². The van der Waals surface area contributed by atoms with Crippen molar-refractivity contribution in [1.29, 1.82) is 0 Å². The van der Waals surface area contributed by atoms with E-state index in [1.54, 1.807) is 0 Å². The van der Waals surface area contributed by atoms with Gasteiger partial charge in [0.2, 0.25) is 9.05 Å². The molecule has 0 aliphatic rings. The van der Waals surface area contributed by atoms with Gasteiger partial charge in [-0.25, -0.2) is 21.6 Å². The molecule has 8 heteroatoms. The Morgan fingerprint density at radius 2 is 1.80 bits per heavy atom. The van der Waals surface area contributed by atoms with Crippen molar-refractivity contribution < 1.29 is 21.6 Å². The molecule has 0 saturated heterocycles. The molecule has 1 aromatic rings. The summed E-state index contributed by atoms with van der Waals surface area (Å²) in [6.45, 7) is 0. The van der Waals surface area contributed by atoms with Gasteiger partial charge in [0.15, 0.2) is 11.6 Å². The largest absolute Gasteiger partial charge is 0.236 e. The maximum atomic E-state index is 13.2. The standard InChI is InChI=1S/C7H3BrClF3O2S/c8-4-1-5(10)7(12)3(6(4)11)2-15(9,13)14/h1H,2H2. The zero-order valence-corrected chi connectivity index (χ0v) is 10.1. The Balaban J connectivity index is 3.40. The molecule has 0 N–H and O–H groups in total. The van der Waals surface area contributed by atoms with Gasteiger partial charge in [0.1, 0.15) is 5.82 Å². The fraction of sp³-hybridized carbons (Fsp3) is 0.143. The molecule has 0 radical (unpaired) electrons. The molecule has 0 bridgehead atoms. The van der Waals surface area contributed by atoms with Gasteiger partial charge < -0.3 is 0 Å². The van der Waals surface area contributed by atoms with Crippen LogP contribution in [-0.4, -0.2) is 8.42 Å². The van der Waals surface area contributed by atoms with Gasteiger partial charge >= 0.3 is 0 Å². The SMILES string of the molecule is O=S(=O)(Cl)Cc1c(F)c(F)cc(Br)c1F. The highest BCUT2D eigenvalue weighted by Crippen LogP contribution is 2.26. The van der Waals surface area contributed by atoms with Crippen LogP contribution in [0, 0.1) is 17.5 Å². The summed E-state index contributed by atoms with van der Waals surface area (Å²) >= 11 is 2.62. The molecule has 0 atom stereocenters. The fourth-order valence-electron chi connectivity index (χ4n) is 0.922. The molecule has 0 aromatic heterocycles. The van der Waals surface area contributed by atoms with E-state index >= 15 is 0 Å². The van der Waals surface area contributed by atoms with Crippen LogP contribution in [0.5, 0.6) is 0 Å². The molecule has 0 fully saturated rings. The van der Waals surface area contributed by atoms with Crippen LogP contribution >= 0.6 is 26.6 Å². The van der Waals surface area contributed by atoms with Crippen molar-refractivity contribution in [2.75, 3.05) is 0 Å². The quantitative estimate of drug-likeness (QED) is 0.619. The minimum atomic E-state index is -4.15. The van der Waals surface area contributed by atoms with Gasteiger partial charge in [0.25, 0.3) is 0 Å². The molecule has 0 spiro atoms. The molecule has 0 aliphatic heterocycles. The highest BCUT2D eigenvalue weighted by molar-refractivity contribution is 9.10. The Morgan fingerprint density at radius 3 is 2.27 bits per heavy atom. The Morgan fingerprint density at radius 1 is 1.27 bits per heavy atom. The van der Waals surface area contributed by atoms with Crippen LogP contribution in [0.3, 0.4) is 0 Å². The van der Waals surface area contributed by atoms with E-state index in [0.29, 0.717) is 6.07 Å². The van der Waals surface area contributed by atoms with E-state index in [2.05, 4.69) is 15.9 Å². The maximum Gasteiger partial charge on any atom is 0.236 e. The average Bonchev–Trinajstić information content (AvgIpc) is 2.08. The first-order chi connectivity index (χ1) is 6.72. The zero-order chi connectivity index (χ0) is 11.8. The van der Waals surface area contributed by atoms with E-state index in [4.69, 9.17) is 10.7 Å². The van der Waals surface area contributed by atoms with E-state index in [0.717, 1.165) is 0 Å². The van der Waals surface area contributed by atoms with Crippen LogP contribution in [0.15, 0.2) is 10.5 Å². The second-order valence-electron chi connectivity index (χ2n) is 2.63. The predicted octanol–water partition coefficient (Wildman–Crippen LogP) is 2.94. The second-order valence-corrected chi connectivity index (χ2v) is 6.26. The van der Waals surface area contributed by atoms with Crippen molar-refractivity contribution in [1.82, 2.24) is 0 Å². The molecule has 2 nitrogen and oxygen atoms in total. The second kappa shape index (κ2) is 4.31. The van der Waals surface area contributed by atoms with Gasteiger partial charge in [-0.3, -0.25) is 0 Å². The minimum absolute atomic E-state index is 0.364. The van der Waals surface area contributed by atoms with Crippen LogP contribution in [0.2, 0.25) is 0 Å². The maximum absolute atomic E-state index is 13.2. The molecule has 84 valence electrons. The van der Waals surface area contributed by atoms with Crippen LogP contribution in [0.4, 0.5) is 13.2 Å². The first-order valence-electron chi connectivity index (χ1n) is 3.46. The molecule has 0 aliphatic carbocycles. The predicted molar refractivity (Wildman–Crippen MR) is 52.5 cm³/mol. The van der Waals surface area contributed by atoms with E-state index < -0.39 is 37.8 Å². The van der Waals surface area contributed by atoms with Gasteiger partial charge in [-0.2, -0.15) is 0 Å². The van der Waals surface area contributed by atoms with Crippen molar-refractivity contribution in [2.24, 2.45) is 0 Å². The summed E-state index contributed by atoms with van der Waals surface area (Å²) in [5.74, 6) is -5.19.